The number of hydrogen-bond acceptors (Lipinski definition) is 3. The van der Waals surface area contributed by atoms with Crippen molar-refractivity contribution in [3.8, 4) is 36.2 Å². The third-order valence-corrected chi connectivity index (χ3v) is 4.80. The van der Waals surface area contributed by atoms with Crippen molar-refractivity contribution in [2.45, 2.75) is 13.2 Å². The molecule has 3 aromatic carbocycles. The van der Waals surface area contributed by atoms with Crippen molar-refractivity contribution in [2.75, 3.05) is 0 Å². The van der Waals surface area contributed by atoms with Crippen LogP contribution in [0.3, 0.4) is 0 Å². The quantitative estimate of drug-likeness (QED) is 0.371. The normalized spacial score (nSPS) is 9.76. The van der Waals surface area contributed by atoms with Crippen LogP contribution in [-0.4, -0.2) is 5.91 Å². The fraction of sp³-hybridized carbons (Fsp3) is 0.0690. The standard InChI is InChI=1S/C29H23NO3/c1-5-21(4)30-29(31)26-16-27(32-19-24-14-10-8-12-22(24)6-2)18-28(17-26)33-20-25-15-11-9-13-23(25)7-3/h2-3,5,8-18H,1,4,19-20H2,(H,30,31). The fourth-order valence-corrected chi connectivity index (χ4v) is 3.03. The number of ether oxygens (including phenoxy) is 2. The molecule has 33 heavy (non-hydrogen) atoms. The lowest BCUT2D eigenvalue weighted by Gasteiger charge is -2.14. The van der Waals surface area contributed by atoms with Gasteiger partial charge >= 0.3 is 0 Å². The van der Waals surface area contributed by atoms with Gasteiger partial charge in [-0.1, -0.05) is 61.4 Å². The number of allylic oxidation sites excluding steroid dienone is 1. The minimum absolute atomic E-state index is 0.240. The summed E-state index contributed by atoms with van der Waals surface area (Å²) >= 11 is 0. The van der Waals surface area contributed by atoms with Gasteiger partial charge in [0.15, 0.2) is 0 Å². The van der Waals surface area contributed by atoms with Crippen molar-refractivity contribution in [3.63, 3.8) is 0 Å². The minimum atomic E-state index is -0.358. The van der Waals surface area contributed by atoms with E-state index in [-0.39, 0.29) is 19.1 Å². The number of hydrogen-bond donors (Lipinski definition) is 1. The molecule has 0 aromatic heterocycles. The first kappa shape index (κ1) is 23.0. The van der Waals surface area contributed by atoms with Crippen LogP contribution in [0.2, 0.25) is 0 Å². The van der Waals surface area contributed by atoms with Crippen LogP contribution in [0.5, 0.6) is 11.5 Å². The van der Waals surface area contributed by atoms with E-state index >= 15 is 0 Å². The lowest BCUT2D eigenvalue weighted by molar-refractivity contribution is 0.0966. The highest BCUT2D eigenvalue weighted by molar-refractivity contribution is 5.96. The molecule has 1 N–H and O–H groups in total. The van der Waals surface area contributed by atoms with Gasteiger partial charge in [-0.15, -0.1) is 12.8 Å². The second-order valence-electron chi connectivity index (χ2n) is 7.06. The molecular formula is C29H23NO3. The molecule has 0 unspecified atom stereocenters. The highest BCUT2D eigenvalue weighted by atomic mass is 16.5. The molecule has 0 radical (unpaired) electrons. The molecule has 0 atom stereocenters. The van der Waals surface area contributed by atoms with Crippen LogP contribution in [0.25, 0.3) is 0 Å². The van der Waals surface area contributed by atoms with E-state index in [0.29, 0.717) is 22.8 Å². The van der Waals surface area contributed by atoms with Crippen LogP contribution >= 0.6 is 0 Å². The van der Waals surface area contributed by atoms with Gasteiger partial charge in [0.1, 0.15) is 24.7 Å². The van der Waals surface area contributed by atoms with Gasteiger partial charge in [0.2, 0.25) is 0 Å². The third kappa shape index (κ3) is 6.17. The van der Waals surface area contributed by atoms with Crippen molar-refractivity contribution in [3.05, 3.63) is 119 Å². The number of benzene rings is 3. The lowest BCUT2D eigenvalue weighted by atomic mass is 10.1. The predicted molar refractivity (Wildman–Crippen MR) is 131 cm³/mol. The molecule has 1 amide bonds. The summed E-state index contributed by atoms with van der Waals surface area (Å²) in [5.41, 5.74) is 3.95. The van der Waals surface area contributed by atoms with Crippen molar-refractivity contribution < 1.29 is 14.3 Å². The first-order valence-electron chi connectivity index (χ1n) is 10.2. The van der Waals surface area contributed by atoms with Crippen LogP contribution < -0.4 is 14.8 Å². The summed E-state index contributed by atoms with van der Waals surface area (Å²) in [6.07, 6.45) is 12.6. The Bertz CT molecular complexity index is 1190. The largest absolute Gasteiger partial charge is 0.489 e. The van der Waals surface area contributed by atoms with Crippen LogP contribution in [0.15, 0.2) is 91.7 Å². The van der Waals surface area contributed by atoms with E-state index in [2.05, 4.69) is 30.3 Å². The summed E-state index contributed by atoms with van der Waals surface area (Å²) in [6, 6.07) is 20.0. The molecule has 4 heteroatoms. The Morgan fingerprint density at radius 2 is 1.36 bits per heavy atom. The zero-order valence-electron chi connectivity index (χ0n) is 18.1. The van der Waals surface area contributed by atoms with E-state index < -0.39 is 0 Å². The average Bonchev–Trinajstić information content (AvgIpc) is 2.86. The average molecular weight is 434 g/mol. The number of terminal acetylenes is 2. The molecule has 4 nitrogen and oxygen atoms in total. The third-order valence-electron chi connectivity index (χ3n) is 4.80. The maximum absolute atomic E-state index is 12.7. The van der Waals surface area contributed by atoms with Crippen molar-refractivity contribution >= 4 is 5.91 Å². The predicted octanol–water partition coefficient (Wildman–Crippen LogP) is 5.24. The van der Waals surface area contributed by atoms with Crippen LogP contribution in [-0.2, 0) is 13.2 Å². The molecule has 3 aromatic rings. The molecule has 0 bridgehead atoms. The number of rotatable bonds is 9. The summed E-state index contributed by atoms with van der Waals surface area (Å²) in [7, 11) is 0. The van der Waals surface area contributed by atoms with E-state index in [0.717, 1.165) is 22.3 Å². The smallest absolute Gasteiger partial charge is 0.255 e. The Hall–Kier alpha value is -4.67. The van der Waals surface area contributed by atoms with E-state index in [4.69, 9.17) is 22.3 Å². The summed E-state index contributed by atoms with van der Waals surface area (Å²) in [6.45, 7) is 7.81. The monoisotopic (exact) mass is 433 g/mol. The van der Waals surface area contributed by atoms with Gasteiger partial charge in [-0.3, -0.25) is 4.79 Å². The van der Waals surface area contributed by atoms with E-state index in [1.165, 1.54) is 6.08 Å². The van der Waals surface area contributed by atoms with Gasteiger partial charge in [0.05, 0.1) is 0 Å². The van der Waals surface area contributed by atoms with Crippen LogP contribution in [0, 0.1) is 24.7 Å². The Kier molecular flexibility index (Phi) is 7.73. The van der Waals surface area contributed by atoms with E-state index in [9.17, 15) is 4.79 Å². The molecule has 0 aliphatic rings. The van der Waals surface area contributed by atoms with Crippen molar-refractivity contribution in [2.24, 2.45) is 0 Å². The first-order chi connectivity index (χ1) is 16.0. The molecule has 0 fully saturated rings. The molecule has 0 saturated carbocycles. The number of carbonyl (C=O) groups is 1. The summed E-state index contributed by atoms with van der Waals surface area (Å²) < 4.78 is 11.9. The lowest BCUT2D eigenvalue weighted by Crippen LogP contribution is -2.21. The number of nitrogens with one attached hydrogen (secondary N) is 1. The Labute approximate surface area is 194 Å². The SMILES string of the molecule is C#Cc1ccccc1COc1cc(OCc2ccccc2C#C)cc(C(=O)NC(=C)C=C)c1. The highest BCUT2D eigenvalue weighted by Gasteiger charge is 2.12. The van der Waals surface area contributed by atoms with Crippen molar-refractivity contribution in [1.29, 1.82) is 0 Å². The molecule has 0 aliphatic heterocycles. The van der Waals surface area contributed by atoms with Gasteiger partial charge < -0.3 is 14.8 Å². The minimum Gasteiger partial charge on any atom is -0.489 e. The molecule has 0 aliphatic carbocycles. The van der Waals surface area contributed by atoms with Gasteiger partial charge in [-0.05, 0) is 30.3 Å². The van der Waals surface area contributed by atoms with Crippen molar-refractivity contribution in [1.82, 2.24) is 5.32 Å². The Morgan fingerprint density at radius 1 is 0.879 bits per heavy atom. The number of amides is 1. The second kappa shape index (κ2) is 11.1. The molecular weight excluding hydrogens is 410 g/mol. The van der Waals surface area contributed by atoms with Gasteiger partial charge in [-0.2, -0.15) is 0 Å². The molecule has 3 rings (SSSR count). The zero-order chi connectivity index (χ0) is 23.6. The first-order valence-corrected chi connectivity index (χ1v) is 10.2. The van der Waals surface area contributed by atoms with Gasteiger partial charge in [0.25, 0.3) is 5.91 Å². The second-order valence-corrected chi connectivity index (χ2v) is 7.06. The molecule has 0 spiro atoms. The molecule has 0 saturated heterocycles. The van der Waals surface area contributed by atoms with Crippen LogP contribution in [0.4, 0.5) is 0 Å². The van der Waals surface area contributed by atoms with Gasteiger partial charge in [-0.25, -0.2) is 0 Å². The summed E-state index contributed by atoms with van der Waals surface area (Å²) in [5.74, 6) is 5.85. The van der Waals surface area contributed by atoms with E-state index in [1.54, 1.807) is 18.2 Å². The molecule has 0 heterocycles. The Balaban J connectivity index is 1.86. The Morgan fingerprint density at radius 3 is 1.82 bits per heavy atom. The topological polar surface area (TPSA) is 47.6 Å². The summed E-state index contributed by atoms with van der Waals surface area (Å²) in [4.78, 5) is 12.7. The van der Waals surface area contributed by atoms with E-state index in [1.807, 2.05) is 48.5 Å². The fourth-order valence-electron chi connectivity index (χ4n) is 3.03. The van der Waals surface area contributed by atoms with Gasteiger partial charge in [0, 0.05) is 39.6 Å². The summed E-state index contributed by atoms with van der Waals surface area (Å²) in [5, 5.41) is 2.67. The maximum Gasteiger partial charge on any atom is 0.255 e. The highest BCUT2D eigenvalue weighted by Crippen LogP contribution is 2.26. The number of carbonyl (C=O) groups excluding carboxylic acids is 1. The maximum atomic E-state index is 12.7. The molecule has 162 valence electrons. The van der Waals surface area contributed by atoms with Crippen LogP contribution in [0.1, 0.15) is 32.6 Å². The zero-order valence-corrected chi connectivity index (χ0v) is 18.1.